The lowest BCUT2D eigenvalue weighted by Crippen LogP contribution is -2.44. The van der Waals surface area contributed by atoms with Gasteiger partial charge in [-0.05, 0) is 65.3 Å². The van der Waals surface area contributed by atoms with Crippen molar-refractivity contribution in [3.63, 3.8) is 0 Å². The topological polar surface area (TPSA) is 38.3 Å². The maximum atomic E-state index is 10.4. The van der Waals surface area contributed by atoms with Gasteiger partial charge in [0.1, 0.15) is 5.60 Å². The van der Waals surface area contributed by atoms with Crippen molar-refractivity contribution in [3.8, 4) is 0 Å². The zero-order valence-corrected chi connectivity index (χ0v) is 16.7. The molecule has 24 heavy (non-hydrogen) atoms. The fourth-order valence-electron chi connectivity index (χ4n) is 3.98. The molecule has 1 saturated carbocycles. The smallest absolute Gasteiger partial charge is 0.293 e. The van der Waals surface area contributed by atoms with Crippen LogP contribution >= 0.6 is 0 Å². The molecule has 0 aromatic heterocycles. The lowest BCUT2D eigenvalue weighted by molar-refractivity contribution is -0.140. The Morgan fingerprint density at radius 2 is 1.71 bits per heavy atom. The molecule has 1 N–H and O–H groups in total. The van der Waals surface area contributed by atoms with Gasteiger partial charge in [-0.25, -0.2) is 0 Å². The quantitative estimate of drug-likeness (QED) is 0.350. The van der Waals surface area contributed by atoms with E-state index in [4.69, 9.17) is 4.74 Å². The molecule has 1 rings (SSSR count). The Morgan fingerprint density at radius 3 is 2.33 bits per heavy atom. The molecular formula is C21H41NO2. The first-order chi connectivity index (χ1) is 11.4. The normalized spacial score (nSPS) is 19.0. The van der Waals surface area contributed by atoms with Crippen LogP contribution < -0.4 is 5.32 Å². The minimum atomic E-state index is -0.305. The molecule has 0 saturated heterocycles. The molecule has 0 spiro atoms. The predicted octanol–water partition coefficient (Wildman–Crippen LogP) is 5.62. The van der Waals surface area contributed by atoms with Gasteiger partial charge < -0.3 is 10.1 Å². The van der Waals surface area contributed by atoms with E-state index in [1.54, 1.807) is 0 Å². The third kappa shape index (κ3) is 9.05. The first-order valence-corrected chi connectivity index (χ1v) is 10.3. The van der Waals surface area contributed by atoms with Crippen molar-refractivity contribution in [2.24, 2.45) is 5.92 Å². The van der Waals surface area contributed by atoms with Gasteiger partial charge in [0, 0.05) is 5.54 Å². The van der Waals surface area contributed by atoms with Crippen LogP contribution in [0.25, 0.3) is 0 Å². The molecule has 0 aromatic carbocycles. The van der Waals surface area contributed by atoms with E-state index in [1.807, 2.05) is 13.8 Å². The SMILES string of the molecule is CCC(C)(CC1CCCCC1)NCCCCCCC(C)(C)OC=O. The molecule has 0 aromatic rings. The summed E-state index contributed by atoms with van der Waals surface area (Å²) in [7, 11) is 0. The first-order valence-electron chi connectivity index (χ1n) is 10.3. The fraction of sp³-hybridized carbons (Fsp3) is 0.952. The second kappa shape index (κ2) is 11.1. The van der Waals surface area contributed by atoms with Crippen LogP contribution in [0.2, 0.25) is 0 Å². The standard InChI is InChI=1S/C21H41NO2/c1-5-21(4,17-19-13-9-8-10-14-19)22-16-12-7-6-11-15-20(2,3)24-18-23/h18-19,22H,5-17H2,1-4H3. The number of hydrogen-bond donors (Lipinski definition) is 1. The largest absolute Gasteiger partial charge is 0.462 e. The molecule has 0 heterocycles. The third-order valence-electron chi connectivity index (χ3n) is 5.87. The molecule has 0 amide bonds. The summed E-state index contributed by atoms with van der Waals surface area (Å²) in [6, 6.07) is 0. The van der Waals surface area contributed by atoms with Gasteiger partial charge >= 0.3 is 0 Å². The number of carbonyl (C=O) groups excluding carboxylic acids is 1. The van der Waals surface area contributed by atoms with Gasteiger partial charge in [-0.1, -0.05) is 51.9 Å². The molecular weight excluding hydrogens is 298 g/mol. The van der Waals surface area contributed by atoms with Crippen molar-refractivity contribution in [1.29, 1.82) is 0 Å². The van der Waals surface area contributed by atoms with Crippen LogP contribution in [0.5, 0.6) is 0 Å². The summed E-state index contributed by atoms with van der Waals surface area (Å²) in [6.45, 7) is 10.4. The van der Waals surface area contributed by atoms with Crippen LogP contribution in [-0.2, 0) is 9.53 Å². The highest BCUT2D eigenvalue weighted by Crippen LogP contribution is 2.31. The van der Waals surface area contributed by atoms with Gasteiger partial charge in [-0.3, -0.25) is 4.79 Å². The summed E-state index contributed by atoms with van der Waals surface area (Å²) in [5.41, 5.74) is 0.0164. The monoisotopic (exact) mass is 339 g/mol. The molecule has 3 heteroatoms. The Balaban J connectivity index is 2.12. The van der Waals surface area contributed by atoms with Crippen LogP contribution in [0.4, 0.5) is 0 Å². The molecule has 1 fully saturated rings. The van der Waals surface area contributed by atoms with Gasteiger partial charge in [-0.2, -0.15) is 0 Å². The summed E-state index contributed by atoms with van der Waals surface area (Å²) in [5.74, 6) is 0.941. The van der Waals surface area contributed by atoms with Crippen molar-refractivity contribution in [1.82, 2.24) is 5.32 Å². The first kappa shape index (κ1) is 21.5. The van der Waals surface area contributed by atoms with Gasteiger partial charge in [0.2, 0.25) is 0 Å². The Labute approximate surface area is 150 Å². The third-order valence-corrected chi connectivity index (χ3v) is 5.87. The molecule has 0 radical (unpaired) electrons. The Hall–Kier alpha value is -0.570. The van der Waals surface area contributed by atoms with E-state index < -0.39 is 0 Å². The van der Waals surface area contributed by atoms with Crippen molar-refractivity contribution in [3.05, 3.63) is 0 Å². The lowest BCUT2D eigenvalue weighted by Gasteiger charge is -2.35. The lowest BCUT2D eigenvalue weighted by atomic mass is 9.79. The van der Waals surface area contributed by atoms with Crippen molar-refractivity contribution in [2.75, 3.05) is 6.54 Å². The number of nitrogens with one attached hydrogen (secondary N) is 1. The maximum Gasteiger partial charge on any atom is 0.293 e. The Kier molecular flexibility index (Phi) is 9.95. The number of unbranched alkanes of at least 4 members (excludes halogenated alkanes) is 3. The van der Waals surface area contributed by atoms with Gasteiger partial charge in [0.05, 0.1) is 0 Å². The van der Waals surface area contributed by atoms with Gasteiger partial charge in [0.25, 0.3) is 6.47 Å². The van der Waals surface area contributed by atoms with Gasteiger partial charge in [-0.15, -0.1) is 0 Å². The zero-order chi connectivity index (χ0) is 17.9. The predicted molar refractivity (Wildman–Crippen MR) is 102 cm³/mol. The second-order valence-corrected chi connectivity index (χ2v) is 8.69. The molecule has 0 aliphatic heterocycles. The molecule has 1 atom stereocenters. The van der Waals surface area contributed by atoms with Crippen molar-refractivity contribution in [2.45, 2.75) is 116 Å². The number of hydrogen-bond acceptors (Lipinski definition) is 3. The van der Waals surface area contributed by atoms with Crippen molar-refractivity contribution >= 4 is 6.47 Å². The molecule has 1 aliphatic rings. The molecule has 1 aliphatic carbocycles. The van der Waals surface area contributed by atoms with E-state index in [0.717, 1.165) is 25.3 Å². The number of ether oxygens (including phenoxy) is 1. The van der Waals surface area contributed by atoms with E-state index in [1.165, 1.54) is 64.2 Å². The summed E-state index contributed by atoms with van der Waals surface area (Å²) in [4.78, 5) is 10.4. The number of rotatable bonds is 13. The molecule has 142 valence electrons. The average Bonchev–Trinajstić information content (AvgIpc) is 2.55. The summed E-state index contributed by atoms with van der Waals surface area (Å²) < 4.78 is 5.10. The highest BCUT2D eigenvalue weighted by Gasteiger charge is 2.26. The molecule has 0 bridgehead atoms. The van der Waals surface area contributed by atoms with Crippen molar-refractivity contribution < 1.29 is 9.53 Å². The highest BCUT2D eigenvalue weighted by atomic mass is 16.5. The molecule has 3 nitrogen and oxygen atoms in total. The molecule has 1 unspecified atom stereocenters. The van der Waals surface area contributed by atoms with Gasteiger partial charge in [0.15, 0.2) is 0 Å². The highest BCUT2D eigenvalue weighted by molar-refractivity contribution is 5.38. The minimum absolute atomic E-state index is 0.305. The summed E-state index contributed by atoms with van der Waals surface area (Å²) in [5, 5.41) is 3.85. The van der Waals surface area contributed by atoms with Crippen LogP contribution in [0, 0.1) is 5.92 Å². The Morgan fingerprint density at radius 1 is 1.04 bits per heavy atom. The van der Waals surface area contributed by atoms with E-state index in [2.05, 4.69) is 19.2 Å². The van der Waals surface area contributed by atoms with Crippen LogP contribution in [0.3, 0.4) is 0 Å². The average molecular weight is 340 g/mol. The minimum Gasteiger partial charge on any atom is -0.462 e. The number of carbonyl (C=O) groups is 1. The van der Waals surface area contributed by atoms with Crippen LogP contribution in [0.1, 0.15) is 105 Å². The van der Waals surface area contributed by atoms with E-state index in [-0.39, 0.29) is 5.60 Å². The summed E-state index contributed by atoms with van der Waals surface area (Å²) in [6.07, 6.45) is 15.6. The van der Waals surface area contributed by atoms with E-state index >= 15 is 0 Å². The zero-order valence-electron chi connectivity index (χ0n) is 16.7. The Bertz CT molecular complexity index is 337. The fourth-order valence-corrected chi connectivity index (χ4v) is 3.98. The summed E-state index contributed by atoms with van der Waals surface area (Å²) >= 11 is 0. The van der Waals surface area contributed by atoms with E-state index in [9.17, 15) is 4.79 Å². The van der Waals surface area contributed by atoms with Crippen LogP contribution in [0.15, 0.2) is 0 Å². The maximum absolute atomic E-state index is 10.4. The van der Waals surface area contributed by atoms with Crippen LogP contribution in [-0.4, -0.2) is 24.2 Å². The van der Waals surface area contributed by atoms with E-state index in [0.29, 0.717) is 12.0 Å². The second-order valence-electron chi connectivity index (χ2n) is 8.69.